The predicted molar refractivity (Wildman–Crippen MR) is 108 cm³/mol. The topological polar surface area (TPSA) is 87.7 Å². The van der Waals surface area contributed by atoms with Gasteiger partial charge in [-0.25, -0.2) is 9.97 Å². The zero-order valence-corrected chi connectivity index (χ0v) is 15.2. The van der Waals surface area contributed by atoms with E-state index in [-0.39, 0.29) is 5.17 Å². The highest BCUT2D eigenvalue weighted by atomic mass is 35.5. The Balaban J connectivity index is 1.84. The molecule has 4 N–H and O–H groups in total. The first-order valence-electron chi connectivity index (χ1n) is 7.06. The van der Waals surface area contributed by atoms with E-state index in [2.05, 4.69) is 27.1 Å². The molecule has 0 aliphatic heterocycles. The van der Waals surface area contributed by atoms with Crippen LogP contribution in [0.3, 0.4) is 0 Å². The third-order valence-electron chi connectivity index (χ3n) is 2.94. The molecule has 2 heterocycles. The van der Waals surface area contributed by atoms with Crippen molar-refractivity contribution in [2.45, 2.75) is 0 Å². The summed E-state index contributed by atoms with van der Waals surface area (Å²) in [5.74, 6) is 6.68. The lowest BCUT2D eigenvalue weighted by Crippen LogP contribution is -2.00. The van der Waals surface area contributed by atoms with Gasteiger partial charge in [-0.05, 0) is 35.7 Å². The second-order valence-corrected chi connectivity index (χ2v) is 7.17. The van der Waals surface area contributed by atoms with E-state index in [1.807, 2.05) is 30.3 Å². The van der Waals surface area contributed by atoms with Crippen LogP contribution in [0.25, 0.3) is 10.2 Å². The van der Waals surface area contributed by atoms with Crippen molar-refractivity contribution in [3.63, 3.8) is 0 Å². The molecule has 8 heteroatoms. The monoisotopic (exact) mass is 385 g/mol. The van der Waals surface area contributed by atoms with E-state index in [4.69, 9.17) is 22.7 Å². The fourth-order valence-corrected chi connectivity index (χ4v) is 3.35. The Bertz CT molecular complexity index is 1020. The average molecular weight is 386 g/mol. The predicted octanol–water partition coefficient (Wildman–Crippen LogP) is 4.58. The van der Waals surface area contributed by atoms with E-state index >= 15 is 0 Å². The number of hydrogen-bond acceptors (Lipinski definition) is 6. The van der Waals surface area contributed by atoms with Crippen molar-refractivity contribution in [3.05, 3.63) is 58.0 Å². The third kappa shape index (κ3) is 4.73. The summed E-state index contributed by atoms with van der Waals surface area (Å²) in [6, 6.07) is 9.37. The molecule has 0 saturated carbocycles. The maximum Gasteiger partial charge on any atom is 0.155 e. The highest BCUT2D eigenvalue weighted by Gasteiger charge is 2.08. The molecule has 0 unspecified atom stereocenters. The number of thioether (sulfide) groups is 1. The number of rotatable bonds is 3. The van der Waals surface area contributed by atoms with Crippen LogP contribution in [-0.4, -0.2) is 15.1 Å². The van der Waals surface area contributed by atoms with Crippen LogP contribution >= 0.6 is 34.7 Å². The Kier molecular flexibility index (Phi) is 5.56. The van der Waals surface area contributed by atoms with Crippen LogP contribution in [-0.2, 0) is 0 Å². The third-order valence-corrected chi connectivity index (χ3v) is 4.75. The van der Waals surface area contributed by atoms with Gasteiger partial charge in [-0.2, -0.15) is 0 Å². The molecule has 0 amide bonds. The van der Waals surface area contributed by atoms with Crippen LogP contribution in [0, 0.1) is 17.3 Å². The molecular formula is C17H12ClN5S2. The normalized spacial score (nSPS) is 10.6. The standard InChI is InChI=1S/C17H12ClN5S2/c18-11-4-3-5-12(8-11)23-16-15-14(21-10-22-16)9-13(25-15)6-1-2-7-24-17(19)20/h2-5,7-10H,(H3,19,20)(H,21,22,23)/b7-2+. The lowest BCUT2D eigenvalue weighted by molar-refractivity contribution is 1.23. The van der Waals surface area contributed by atoms with E-state index in [1.54, 1.807) is 11.5 Å². The van der Waals surface area contributed by atoms with Crippen LogP contribution < -0.4 is 11.1 Å². The molecule has 0 radical (unpaired) electrons. The summed E-state index contributed by atoms with van der Waals surface area (Å²) < 4.78 is 0.925. The molecule has 0 aliphatic carbocycles. The van der Waals surface area contributed by atoms with Crippen molar-refractivity contribution in [3.8, 4) is 11.8 Å². The fourth-order valence-electron chi connectivity index (χ4n) is 1.96. The van der Waals surface area contributed by atoms with E-state index in [0.717, 1.165) is 32.5 Å². The van der Waals surface area contributed by atoms with E-state index in [0.29, 0.717) is 10.8 Å². The number of thiophene rings is 1. The lowest BCUT2D eigenvalue weighted by Gasteiger charge is -2.06. The van der Waals surface area contributed by atoms with Crippen LogP contribution in [0.15, 0.2) is 48.1 Å². The van der Waals surface area contributed by atoms with Crippen LogP contribution in [0.1, 0.15) is 4.88 Å². The maximum atomic E-state index is 7.11. The van der Waals surface area contributed by atoms with Crippen molar-refractivity contribution in [1.82, 2.24) is 9.97 Å². The van der Waals surface area contributed by atoms with E-state index < -0.39 is 0 Å². The highest BCUT2D eigenvalue weighted by molar-refractivity contribution is 8.16. The lowest BCUT2D eigenvalue weighted by atomic mass is 10.3. The molecule has 0 atom stereocenters. The number of hydrogen-bond donors (Lipinski definition) is 3. The van der Waals surface area contributed by atoms with Gasteiger partial charge in [0.1, 0.15) is 6.33 Å². The maximum absolute atomic E-state index is 7.11. The smallest absolute Gasteiger partial charge is 0.155 e. The minimum Gasteiger partial charge on any atom is -0.378 e. The van der Waals surface area contributed by atoms with Gasteiger partial charge >= 0.3 is 0 Å². The molecule has 124 valence electrons. The fraction of sp³-hybridized carbons (Fsp3) is 0. The molecular weight excluding hydrogens is 374 g/mol. The highest BCUT2D eigenvalue weighted by Crippen LogP contribution is 2.30. The Morgan fingerprint density at radius 2 is 2.24 bits per heavy atom. The summed E-state index contributed by atoms with van der Waals surface area (Å²) in [7, 11) is 0. The Morgan fingerprint density at radius 3 is 3.04 bits per heavy atom. The number of aromatic nitrogens is 2. The number of nitrogens with one attached hydrogen (secondary N) is 2. The van der Waals surface area contributed by atoms with Gasteiger partial charge in [0, 0.05) is 10.7 Å². The van der Waals surface area contributed by atoms with Crippen LogP contribution in [0.4, 0.5) is 11.5 Å². The number of anilines is 2. The van der Waals surface area contributed by atoms with E-state index in [9.17, 15) is 0 Å². The number of fused-ring (bicyclic) bond motifs is 1. The summed E-state index contributed by atoms with van der Waals surface area (Å²) in [6.07, 6.45) is 3.18. The zero-order chi connectivity index (χ0) is 17.6. The Labute approximate surface area is 157 Å². The minimum absolute atomic E-state index is 0.0342. The summed E-state index contributed by atoms with van der Waals surface area (Å²) in [5.41, 5.74) is 6.93. The van der Waals surface area contributed by atoms with Gasteiger partial charge < -0.3 is 11.1 Å². The Morgan fingerprint density at radius 1 is 1.36 bits per heavy atom. The van der Waals surface area contributed by atoms with Crippen molar-refractivity contribution in [1.29, 1.82) is 5.41 Å². The van der Waals surface area contributed by atoms with Crippen molar-refractivity contribution in [2.24, 2.45) is 5.73 Å². The molecule has 5 nitrogen and oxygen atoms in total. The average Bonchev–Trinajstić information content (AvgIpc) is 2.98. The first-order valence-corrected chi connectivity index (χ1v) is 9.13. The molecule has 1 aromatic carbocycles. The first kappa shape index (κ1) is 17.3. The van der Waals surface area contributed by atoms with Crippen molar-refractivity contribution < 1.29 is 0 Å². The number of benzene rings is 1. The van der Waals surface area contributed by atoms with Gasteiger partial charge in [-0.15, -0.1) is 11.3 Å². The van der Waals surface area contributed by atoms with Crippen molar-refractivity contribution in [2.75, 3.05) is 5.32 Å². The number of nitrogens with zero attached hydrogens (tertiary/aromatic N) is 2. The molecule has 0 aliphatic rings. The van der Waals surface area contributed by atoms with Gasteiger partial charge in [0.15, 0.2) is 11.0 Å². The van der Waals surface area contributed by atoms with Gasteiger partial charge in [-0.1, -0.05) is 41.3 Å². The van der Waals surface area contributed by atoms with Gasteiger partial charge in [-0.3, -0.25) is 5.41 Å². The molecule has 25 heavy (non-hydrogen) atoms. The summed E-state index contributed by atoms with van der Waals surface area (Å²) in [6.45, 7) is 0. The Hall–Kier alpha value is -2.53. The quantitative estimate of drug-likeness (QED) is 0.349. The molecule has 0 spiro atoms. The number of halogens is 1. The SMILES string of the molecule is N=C(N)S/C=C/C#Cc1cc2ncnc(Nc3cccc(Cl)c3)c2s1. The van der Waals surface area contributed by atoms with Crippen LogP contribution in [0.5, 0.6) is 0 Å². The second kappa shape index (κ2) is 8.03. The minimum atomic E-state index is 0.0342. The summed E-state index contributed by atoms with van der Waals surface area (Å²) in [4.78, 5) is 9.48. The van der Waals surface area contributed by atoms with Gasteiger partial charge in [0.25, 0.3) is 0 Å². The number of allylic oxidation sites excluding steroid dienone is 1. The number of amidine groups is 1. The first-order chi connectivity index (χ1) is 12.1. The molecule has 3 rings (SSSR count). The molecule has 0 fully saturated rings. The van der Waals surface area contributed by atoms with E-state index in [1.165, 1.54) is 17.7 Å². The van der Waals surface area contributed by atoms with Crippen LogP contribution in [0.2, 0.25) is 5.02 Å². The zero-order valence-electron chi connectivity index (χ0n) is 12.8. The largest absolute Gasteiger partial charge is 0.378 e. The number of nitrogens with two attached hydrogens (primary N) is 1. The summed E-state index contributed by atoms with van der Waals surface area (Å²) in [5, 5.41) is 12.7. The molecule has 2 aromatic heterocycles. The van der Waals surface area contributed by atoms with Gasteiger partial charge in [0.2, 0.25) is 0 Å². The van der Waals surface area contributed by atoms with Crippen molar-refractivity contribution >= 4 is 61.6 Å². The second-order valence-electron chi connectivity index (χ2n) is 4.74. The molecule has 0 saturated heterocycles. The summed E-state index contributed by atoms with van der Waals surface area (Å²) >= 11 is 8.64. The molecule has 3 aromatic rings. The van der Waals surface area contributed by atoms with Gasteiger partial charge in [0.05, 0.1) is 15.1 Å². The molecule has 0 bridgehead atoms.